The minimum absolute atomic E-state index is 0. The molecule has 0 aromatic carbocycles. The van der Waals surface area contributed by atoms with Crippen LogP contribution in [0.4, 0.5) is 59.6 Å². The van der Waals surface area contributed by atoms with Gasteiger partial charge in [-0.3, -0.25) is 9.69 Å². The van der Waals surface area contributed by atoms with Crippen molar-refractivity contribution in [3.05, 3.63) is 24.8 Å². The molecule has 2 aromatic rings. The predicted molar refractivity (Wildman–Crippen MR) is 54.3 cm³/mol. The van der Waals surface area contributed by atoms with Crippen LogP contribution in [0.15, 0.2) is 24.8 Å². The van der Waals surface area contributed by atoms with Crippen LogP contribution >= 0.6 is 0 Å². The Morgan fingerprint density at radius 1 is 0.783 bits per heavy atom. The lowest BCUT2D eigenvalue weighted by Gasteiger charge is -1.89. The molecule has 0 bridgehead atoms. The summed E-state index contributed by atoms with van der Waals surface area (Å²) in [6.45, 7) is 0. The van der Waals surface area contributed by atoms with E-state index in [0.29, 0.717) is 0 Å². The zero-order valence-corrected chi connectivity index (χ0v) is 10.6. The number of hydrogen-bond donors (Lipinski definition) is 0. The molecule has 0 saturated carbocycles. The highest BCUT2D eigenvalue weighted by Crippen LogP contribution is 2.06. The summed E-state index contributed by atoms with van der Waals surface area (Å²) in [6, 6.07) is 1.90. The smallest absolute Gasteiger partial charge is 0.0956 e. The first-order valence-corrected chi connectivity index (χ1v) is 3.95. The van der Waals surface area contributed by atoms with E-state index >= 15 is 0 Å². The zero-order chi connectivity index (χ0) is 19.0. The van der Waals surface area contributed by atoms with Crippen LogP contribution < -0.4 is 0 Å². The summed E-state index contributed by atoms with van der Waals surface area (Å²) in [6.07, 6.45) is 5.34. The molecule has 0 atom stereocenters. The third kappa shape index (κ3) is 19.7. The van der Waals surface area contributed by atoms with Crippen LogP contribution in [0.3, 0.4) is 0 Å². The summed E-state index contributed by atoms with van der Waals surface area (Å²) in [4.78, 5) is 8.13. The van der Waals surface area contributed by atoms with Crippen molar-refractivity contribution in [1.29, 1.82) is 0 Å². The highest BCUT2D eigenvalue weighted by Gasteiger charge is 1.94. The Bertz CT molecular complexity index is 373. The third-order valence-electron chi connectivity index (χ3n) is 1.53. The van der Waals surface area contributed by atoms with Gasteiger partial charge < -0.3 is 4.57 Å². The van der Waals surface area contributed by atoms with Crippen LogP contribution in [0.2, 0.25) is 0 Å². The molecule has 0 amide bonds. The molecule has 0 radical (unpaired) electrons. The average Bonchev–Trinajstić information content (AvgIpc) is 3.07. The Morgan fingerprint density at radius 2 is 1.17 bits per heavy atom. The number of hydrogen-bond acceptors (Lipinski definition) is 2. The van der Waals surface area contributed by atoms with Crippen molar-refractivity contribution in [3.8, 4) is 0 Å². The number of rotatable bonds is 0. The number of pyridine rings is 1. The van der Waals surface area contributed by atoms with Gasteiger partial charge in [-0.15, -0.1) is 0 Å². The molecule has 0 spiro atoms. The van der Waals surface area contributed by atoms with Crippen molar-refractivity contribution in [1.82, 2.24) is 14.5 Å². The van der Waals surface area contributed by atoms with Gasteiger partial charge in [0.05, 0.1) is 23.6 Å². The van der Waals surface area contributed by atoms with Crippen LogP contribution in [0, 0.1) is 0 Å². The van der Waals surface area contributed by atoms with Gasteiger partial charge in [-0.05, 0) is 6.07 Å². The highest BCUT2D eigenvalue weighted by atomic mass is 20.0. The third-order valence-corrected chi connectivity index (χ3v) is 1.53. The molecule has 0 unspecified atom stereocenters. The van der Waals surface area contributed by atoms with E-state index in [4.69, 9.17) is 54.9 Å². The molecular weight excluding hydrogens is 373 g/mol. The summed E-state index contributed by atoms with van der Waals surface area (Å²) in [7, 11) is 1.96. The molecule has 23 heavy (non-hydrogen) atoms. The molecule has 0 saturated heterocycles. The molecule has 2 heterocycles. The fraction of sp³-hybridized carbons (Fsp3) is 0.143. The standard InChI is InChI=1S/C7H7N3.6F2.FH/c1-10-5-9-6-2-3-8-4-7(6)10;6*1-2;/h2-5H,1H3;;;;;;;1H. The molecule has 2 rings (SSSR count). The van der Waals surface area contributed by atoms with Gasteiger partial charge in [0, 0.05) is 68.1 Å². The molecule has 0 fully saturated rings. The minimum atomic E-state index is 0. The Labute approximate surface area is 118 Å². The fourth-order valence-electron chi connectivity index (χ4n) is 0.971. The van der Waals surface area contributed by atoms with Gasteiger partial charge in [-0.2, -0.15) is 0 Å². The first-order chi connectivity index (χ1) is 10.9. The summed E-state index contributed by atoms with van der Waals surface area (Å²) in [5.74, 6) is 0. The van der Waals surface area contributed by atoms with Gasteiger partial charge >= 0.3 is 0 Å². The highest BCUT2D eigenvalue weighted by molar-refractivity contribution is 5.73. The zero-order valence-electron chi connectivity index (χ0n) is 10.6. The predicted octanol–water partition coefficient (Wildman–Crippen LogP) is 6.16. The van der Waals surface area contributed by atoms with Crippen molar-refractivity contribution in [2.45, 2.75) is 0 Å². The summed E-state index contributed by atoms with van der Waals surface area (Å²) >= 11 is 0. The maximum absolute atomic E-state index is 8.00. The normalized spacial score (nSPS) is 6.13. The van der Waals surface area contributed by atoms with Gasteiger partial charge in [-0.1, -0.05) is 0 Å². The maximum atomic E-state index is 8.00. The lowest BCUT2D eigenvalue weighted by atomic mass is 10.4. The molecular formula is C7H8F13N3. The van der Waals surface area contributed by atoms with Gasteiger partial charge in [-0.25, -0.2) is 4.98 Å². The number of aromatic nitrogens is 3. The molecule has 0 N–H and O–H groups in total. The molecule has 16 heteroatoms. The monoisotopic (exact) mass is 381 g/mol. The maximum Gasteiger partial charge on any atom is 0.0956 e. The van der Waals surface area contributed by atoms with Crippen molar-refractivity contribution < 1.29 is 59.6 Å². The Kier molecular flexibility index (Phi) is 69.0. The van der Waals surface area contributed by atoms with E-state index in [-0.39, 0.29) is 4.70 Å². The SMILES string of the molecule is Cn1cnc2ccncc21.F.FF.FF.FF.FF.FF.FF. The first-order valence-electron chi connectivity index (χ1n) is 3.95. The second-order valence-electron chi connectivity index (χ2n) is 2.22. The number of halogens is 13. The topological polar surface area (TPSA) is 30.7 Å². The van der Waals surface area contributed by atoms with E-state index in [2.05, 4.69) is 9.97 Å². The Balaban J connectivity index is -0.0000000481. The lowest BCUT2D eigenvalue weighted by molar-refractivity contribution is 0.108. The molecule has 2 aromatic heterocycles. The van der Waals surface area contributed by atoms with Crippen LogP contribution in [0.25, 0.3) is 11.0 Å². The molecule has 3 nitrogen and oxygen atoms in total. The van der Waals surface area contributed by atoms with Crippen molar-refractivity contribution >= 4 is 11.0 Å². The van der Waals surface area contributed by atoms with E-state index in [1.807, 2.05) is 23.9 Å². The van der Waals surface area contributed by atoms with E-state index in [0.717, 1.165) is 11.0 Å². The van der Waals surface area contributed by atoms with Crippen LogP contribution in [0.1, 0.15) is 0 Å². The fourth-order valence-corrected chi connectivity index (χ4v) is 0.971. The number of fused-ring (bicyclic) bond motifs is 1. The van der Waals surface area contributed by atoms with Crippen molar-refractivity contribution in [2.24, 2.45) is 7.05 Å². The van der Waals surface area contributed by atoms with E-state index < -0.39 is 0 Å². The summed E-state index contributed by atoms with van der Waals surface area (Å²) < 4.78 is 97.9. The van der Waals surface area contributed by atoms with Crippen molar-refractivity contribution in [2.75, 3.05) is 0 Å². The van der Waals surface area contributed by atoms with Gasteiger partial charge in [0.25, 0.3) is 0 Å². The molecule has 142 valence electrons. The largest absolute Gasteiger partial charge is 0.332 e. The number of nitrogens with zero attached hydrogens (tertiary/aromatic N) is 3. The average molecular weight is 381 g/mol. The molecule has 0 aliphatic heterocycles. The van der Waals surface area contributed by atoms with E-state index in [1.54, 1.807) is 12.5 Å². The van der Waals surface area contributed by atoms with Gasteiger partial charge in [0.15, 0.2) is 0 Å². The Hall–Kier alpha value is -2.29. The number of imidazole rings is 1. The number of aryl methyl sites for hydroxylation is 1. The van der Waals surface area contributed by atoms with E-state index in [9.17, 15) is 0 Å². The van der Waals surface area contributed by atoms with Crippen LogP contribution in [0.5, 0.6) is 0 Å². The van der Waals surface area contributed by atoms with Crippen LogP contribution in [-0.2, 0) is 7.05 Å². The van der Waals surface area contributed by atoms with Gasteiger partial charge in [0.1, 0.15) is 0 Å². The lowest BCUT2D eigenvalue weighted by Crippen LogP contribution is -1.83. The van der Waals surface area contributed by atoms with E-state index in [1.165, 1.54) is 0 Å². The van der Waals surface area contributed by atoms with Crippen LogP contribution in [-0.4, -0.2) is 14.5 Å². The second kappa shape index (κ2) is 42.7. The quantitative estimate of drug-likeness (QED) is 0.512. The molecule has 0 aliphatic rings. The van der Waals surface area contributed by atoms with Crippen molar-refractivity contribution in [3.63, 3.8) is 0 Å². The molecule has 0 aliphatic carbocycles. The Morgan fingerprint density at radius 3 is 1.52 bits per heavy atom. The summed E-state index contributed by atoms with van der Waals surface area (Å²) in [5.41, 5.74) is 2.07. The minimum Gasteiger partial charge on any atom is -0.332 e. The second-order valence-corrected chi connectivity index (χ2v) is 2.22. The first kappa shape index (κ1) is 37.2. The van der Waals surface area contributed by atoms with Gasteiger partial charge in [0.2, 0.25) is 0 Å². The summed E-state index contributed by atoms with van der Waals surface area (Å²) in [5, 5.41) is 0.